The quantitative estimate of drug-likeness (QED) is 0.612. The predicted molar refractivity (Wildman–Crippen MR) is 99.0 cm³/mol. The SMILES string of the molecule is CC(=O)NCc1ccc(C(=O)CN2C(=O)NC3(CCCCCC3)C2=O)cc1. The summed E-state index contributed by atoms with van der Waals surface area (Å²) in [6.07, 6.45) is 5.22. The number of hydrogen-bond acceptors (Lipinski definition) is 4. The lowest BCUT2D eigenvalue weighted by molar-refractivity contribution is -0.131. The molecule has 1 heterocycles. The van der Waals surface area contributed by atoms with Crippen LogP contribution in [0.25, 0.3) is 0 Å². The number of amides is 4. The fraction of sp³-hybridized carbons (Fsp3) is 0.500. The van der Waals surface area contributed by atoms with E-state index in [1.54, 1.807) is 24.3 Å². The summed E-state index contributed by atoms with van der Waals surface area (Å²) in [4.78, 5) is 49.8. The van der Waals surface area contributed by atoms with Gasteiger partial charge in [-0.25, -0.2) is 4.79 Å². The number of urea groups is 1. The first kappa shape index (κ1) is 19.1. The molecule has 0 aromatic heterocycles. The van der Waals surface area contributed by atoms with Crippen LogP contribution < -0.4 is 10.6 Å². The van der Waals surface area contributed by atoms with Gasteiger partial charge >= 0.3 is 6.03 Å². The fourth-order valence-electron chi connectivity index (χ4n) is 3.76. The second-order valence-corrected chi connectivity index (χ2v) is 7.35. The van der Waals surface area contributed by atoms with Crippen molar-refractivity contribution in [3.05, 3.63) is 35.4 Å². The number of rotatable bonds is 5. The van der Waals surface area contributed by atoms with Crippen LogP contribution in [0.1, 0.15) is 61.4 Å². The molecular formula is C20H25N3O4. The highest BCUT2D eigenvalue weighted by Gasteiger charge is 2.51. The van der Waals surface area contributed by atoms with E-state index in [4.69, 9.17) is 0 Å². The van der Waals surface area contributed by atoms with E-state index in [9.17, 15) is 19.2 Å². The lowest BCUT2D eigenvalue weighted by atomic mass is 9.90. The van der Waals surface area contributed by atoms with Crippen LogP contribution in [0.15, 0.2) is 24.3 Å². The summed E-state index contributed by atoms with van der Waals surface area (Å²) in [5.41, 5.74) is 0.481. The maximum absolute atomic E-state index is 12.9. The third-order valence-electron chi connectivity index (χ3n) is 5.32. The number of nitrogens with zero attached hydrogens (tertiary/aromatic N) is 1. The number of imide groups is 1. The molecule has 4 amide bonds. The second-order valence-electron chi connectivity index (χ2n) is 7.35. The molecule has 27 heavy (non-hydrogen) atoms. The minimum Gasteiger partial charge on any atom is -0.352 e. The van der Waals surface area contributed by atoms with Crippen molar-refractivity contribution in [2.45, 2.75) is 57.5 Å². The summed E-state index contributed by atoms with van der Waals surface area (Å²) in [6.45, 7) is 1.58. The zero-order chi connectivity index (χ0) is 19.4. The minimum atomic E-state index is -0.823. The van der Waals surface area contributed by atoms with Crippen molar-refractivity contribution >= 4 is 23.6 Å². The number of ketones is 1. The molecule has 144 valence electrons. The number of Topliss-reactive ketones (excluding diaryl/α,β-unsaturated/α-hetero) is 1. The standard InChI is InChI=1S/C20H25N3O4/c1-14(24)21-12-15-6-8-16(9-7-15)17(25)13-23-18(26)20(22-19(23)27)10-4-2-3-5-11-20/h6-9H,2-5,10-13H2,1H3,(H,21,24)(H,22,27). The smallest absolute Gasteiger partial charge is 0.325 e. The highest BCUT2D eigenvalue weighted by molar-refractivity contribution is 6.11. The van der Waals surface area contributed by atoms with Gasteiger partial charge in [0.05, 0.1) is 6.54 Å². The summed E-state index contributed by atoms with van der Waals surface area (Å²) in [6, 6.07) is 6.33. The van der Waals surface area contributed by atoms with Crippen molar-refractivity contribution in [2.24, 2.45) is 0 Å². The van der Waals surface area contributed by atoms with Crippen molar-refractivity contribution in [1.82, 2.24) is 15.5 Å². The maximum atomic E-state index is 12.9. The van der Waals surface area contributed by atoms with Gasteiger partial charge in [0.15, 0.2) is 5.78 Å². The Bertz CT molecular complexity index is 749. The van der Waals surface area contributed by atoms with Crippen molar-refractivity contribution in [2.75, 3.05) is 6.54 Å². The fourth-order valence-corrected chi connectivity index (χ4v) is 3.76. The highest BCUT2D eigenvalue weighted by atomic mass is 16.2. The Morgan fingerprint density at radius 3 is 2.30 bits per heavy atom. The predicted octanol–water partition coefficient (Wildman–Crippen LogP) is 2.15. The molecule has 1 spiro atoms. The first-order valence-electron chi connectivity index (χ1n) is 9.42. The van der Waals surface area contributed by atoms with Crippen LogP contribution in [0.4, 0.5) is 4.79 Å². The normalized spacial score (nSPS) is 18.9. The van der Waals surface area contributed by atoms with Gasteiger partial charge in [-0.3, -0.25) is 19.3 Å². The Labute approximate surface area is 158 Å². The average molecular weight is 371 g/mol. The van der Waals surface area contributed by atoms with Gasteiger partial charge in [0, 0.05) is 19.0 Å². The van der Waals surface area contributed by atoms with E-state index in [0.717, 1.165) is 36.1 Å². The molecule has 7 nitrogen and oxygen atoms in total. The molecular weight excluding hydrogens is 346 g/mol. The van der Waals surface area contributed by atoms with Gasteiger partial charge in [-0.05, 0) is 18.4 Å². The number of carbonyl (C=O) groups excluding carboxylic acids is 4. The van der Waals surface area contributed by atoms with Crippen LogP contribution in [0, 0.1) is 0 Å². The van der Waals surface area contributed by atoms with E-state index in [0.29, 0.717) is 24.9 Å². The van der Waals surface area contributed by atoms with Gasteiger partial charge in [-0.15, -0.1) is 0 Å². The number of hydrogen-bond donors (Lipinski definition) is 2. The molecule has 0 bridgehead atoms. The molecule has 1 aliphatic carbocycles. The van der Waals surface area contributed by atoms with E-state index in [-0.39, 0.29) is 24.1 Å². The first-order chi connectivity index (χ1) is 12.9. The van der Waals surface area contributed by atoms with Crippen molar-refractivity contribution in [3.8, 4) is 0 Å². The monoisotopic (exact) mass is 371 g/mol. The van der Waals surface area contributed by atoms with E-state index >= 15 is 0 Å². The summed E-state index contributed by atoms with van der Waals surface area (Å²) < 4.78 is 0. The Morgan fingerprint density at radius 1 is 1.07 bits per heavy atom. The molecule has 1 aromatic rings. The lowest BCUT2D eigenvalue weighted by Gasteiger charge is -2.24. The molecule has 0 unspecified atom stereocenters. The Hall–Kier alpha value is -2.70. The van der Waals surface area contributed by atoms with E-state index < -0.39 is 11.6 Å². The molecule has 1 aliphatic heterocycles. The van der Waals surface area contributed by atoms with Crippen LogP contribution in [-0.2, 0) is 16.1 Å². The zero-order valence-electron chi connectivity index (χ0n) is 15.5. The number of carbonyl (C=O) groups is 4. The van der Waals surface area contributed by atoms with E-state index in [1.165, 1.54) is 6.92 Å². The number of nitrogens with one attached hydrogen (secondary N) is 2. The molecule has 0 atom stereocenters. The molecule has 2 fully saturated rings. The molecule has 1 saturated carbocycles. The van der Waals surface area contributed by atoms with Gasteiger partial charge < -0.3 is 10.6 Å². The van der Waals surface area contributed by atoms with E-state index in [1.807, 2.05) is 0 Å². The van der Waals surface area contributed by atoms with Crippen molar-refractivity contribution in [3.63, 3.8) is 0 Å². The molecule has 7 heteroatoms. The van der Waals surface area contributed by atoms with Crippen LogP contribution in [0.3, 0.4) is 0 Å². The highest BCUT2D eigenvalue weighted by Crippen LogP contribution is 2.32. The van der Waals surface area contributed by atoms with Crippen LogP contribution in [0.5, 0.6) is 0 Å². The first-order valence-corrected chi connectivity index (χ1v) is 9.42. The summed E-state index contributed by atoms with van der Waals surface area (Å²) >= 11 is 0. The van der Waals surface area contributed by atoms with Crippen LogP contribution in [0.2, 0.25) is 0 Å². The summed E-state index contributed by atoms with van der Waals surface area (Å²) in [5.74, 6) is -0.679. The van der Waals surface area contributed by atoms with Crippen molar-refractivity contribution in [1.29, 1.82) is 0 Å². The molecule has 0 radical (unpaired) electrons. The Balaban J connectivity index is 1.65. The molecule has 1 aromatic carbocycles. The van der Waals surface area contributed by atoms with Gasteiger partial charge in [0.25, 0.3) is 5.91 Å². The topological polar surface area (TPSA) is 95.6 Å². The number of benzene rings is 1. The van der Waals surface area contributed by atoms with Gasteiger partial charge in [0.2, 0.25) is 5.91 Å². The van der Waals surface area contributed by atoms with Crippen molar-refractivity contribution < 1.29 is 19.2 Å². The van der Waals surface area contributed by atoms with Gasteiger partial charge in [-0.2, -0.15) is 0 Å². The summed E-state index contributed by atoms with van der Waals surface area (Å²) in [7, 11) is 0. The minimum absolute atomic E-state index is 0.124. The zero-order valence-corrected chi connectivity index (χ0v) is 15.5. The van der Waals surface area contributed by atoms with E-state index in [2.05, 4.69) is 10.6 Å². The van der Waals surface area contributed by atoms with Gasteiger partial charge in [0.1, 0.15) is 5.54 Å². The summed E-state index contributed by atoms with van der Waals surface area (Å²) in [5, 5.41) is 5.54. The van der Waals surface area contributed by atoms with Gasteiger partial charge in [-0.1, -0.05) is 49.9 Å². The maximum Gasteiger partial charge on any atom is 0.325 e. The Kier molecular flexibility index (Phi) is 5.58. The molecule has 3 rings (SSSR count). The molecule has 2 aliphatic rings. The van der Waals surface area contributed by atoms with Crippen LogP contribution >= 0.6 is 0 Å². The third-order valence-corrected chi connectivity index (χ3v) is 5.32. The molecule has 2 N–H and O–H groups in total. The lowest BCUT2D eigenvalue weighted by Crippen LogP contribution is -2.46. The van der Waals surface area contributed by atoms with Crippen LogP contribution in [-0.4, -0.2) is 40.6 Å². The molecule has 1 saturated heterocycles. The second kappa shape index (κ2) is 7.90. The average Bonchev–Trinajstić information content (AvgIpc) is 2.82. The largest absolute Gasteiger partial charge is 0.352 e. The third kappa shape index (κ3) is 4.18. The Morgan fingerprint density at radius 2 is 1.70 bits per heavy atom.